The highest BCUT2D eigenvalue weighted by molar-refractivity contribution is 6.31. The Morgan fingerprint density at radius 2 is 1.89 bits per heavy atom. The zero-order valence-corrected chi connectivity index (χ0v) is 16.3. The molecule has 1 heterocycles. The highest BCUT2D eigenvalue weighted by Gasteiger charge is 2.25. The maximum absolute atomic E-state index is 12.4. The summed E-state index contributed by atoms with van der Waals surface area (Å²) in [5.74, 6) is -0.0779. The molecular formula is C21H25ClN4O+2. The van der Waals surface area contributed by atoms with E-state index in [9.17, 15) is 4.79 Å². The van der Waals surface area contributed by atoms with Gasteiger partial charge in [-0.3, -0.25) is 4.79 Å². The van der Waals surface area contributed by atoms with Crippen molar-refractivity contribution >= 4 is 23.2 Å². The summed E-state index contributed by atoms with van der Waals surface area (Å²) >= 11 is 5.97. The molecule has 0 saturated carbocycles. The summed E-state index contributed by atoms with van der Waals surface area (Å²) in [6.07, 6.45) is 0. The topological polar surface area (TPSA) is 61.8 Å². The van der Waals surface area contributed by atoms with E-state index in [0.29, 0.717) is 22.8 Å². The number of nitrogens with one attached hydrogen (secondary N) is 3. The van der Waals surface area contributed by atoms with Crippen LogP contribution in [0.3, 0.4) is 0 Å². The first-order valence-electron chi connectivity index (χ1n) is 9.25. The largest absolute Gasteiger partial charge is 0.322 e. The molecule has 6 heteroatoms. The number of carbonyl (C=O) groups is 1. The van der Waals surface area contributed by atoms with E-state index in [4.69, 9.17) is 16.9 Å². The van der Waals surface area contributed by atoms with Crippen LogP contribution in [0.15, 0.2) is 42.5 Å². The van der Waals surface area contributed by atoms with Crippen LogP contribution in [0.4, 0.5) is 5.69 Å². The second-order valence-electron chi connectivity index (χ2n) is 7.19. The fourth-order valence-electron chi connectivity index (χ4n) is 3.56. The van der Waals surface area contributed by atoms with Crippen molar-refractivity contribution in [3.63, 3.8) is 0 Å². The number of piperazine rings is 1. The molecular weight excluding hydrogens is 360 g/mol. The van der Waals surface area contributed by atoms with Gasteiger partial charge < -0.3 is 15.1 Å². The van der Waals surface area contributed by atoms with Gasteiger partial charge in [0.25, 0.3) is 5.91 Å². The zero-order valence-electron chi connectivity index (χ0n) is 15.5. The average molecular weight is 385 g/mol. The van der Waals surface area contributed by atoms with E-state index in [1.807, 2.05) is 0 Å². The van der Waals surface area contributed by atoms with E-state index in [1.54, 1.807) is 23.1 Å². The monoisotopic (exact) mass is 384 g/mol. The molecule has 0 unspecified atom stereocenters. The number of hydrogen-bond donors (Lipinski definition) is 3. The Morgan fingerprint density at radius 3 is 2.59 bits per heavy atom. The summed E-state index contributed by atoms with van der Waals surface area (Å²) in [6, 6.07) is 15.6. The van der Waals surface area contributed by atoms with Crippen LogP contribution in [0, 0.1) is 18.3 Å². The van der Waals surface area contributed by atoms with Gasteiger partial charge in [0, 0.05) is 10.6 Å². The first-order chi connectivity index (χ1) is 13.0. The molecule has 1 aliphatic rings. The van der Waals surface area contributed by atoms with E-state index < -0.39 is 0 Å². The summed E-state index contributed by atoms with van der Waals surface area (Å²) in [5, 5.41) is 12.5. The minimum atomic E-state index is -0.0779. The number of nitrogens with zero attached hydrogens (tertiary/aromatic N) is 1. The summed E-state index contributed by atoms with van der Waals surface area (Å²) in [5.41, 5.74) is 3.58. The third-order valence-electron chi connectivity index (χ3n) is 4.99. The van der Waals surface area contributed by atoms with Crippen LogP contribution < -0.4 is 15.1 Å². The standard InChI is InChI=1S/C21H23ClN4O/c1-16-3-2-4-17(11-16)14-25-7-9-26(10-8-25)15-21(27)24-20-12-19(22)6-5-18(20)13-23/h2-6,11-12H,7-10,14-15H2,1H3,(H,24,27)/p+2. The number of rotatable bonds is 5. The maximum atomic E-state index is 12.4. The lowest BCUT2D eigenvalue weighted by molar-refractivity contribution is -1.02. The van der Waals surface area contributed by atoms with Gasteiger partial charge in [-0.05, 0) is 25.1 Å². The number of carbonyl (C=O) groups excluding carboxylic acids is 1. The van der Waals surface area contributed by atoms with Crippen LogP contribution in [0.25, 0.3) is 0 Å². The van der Waals surface area contributed by atoms with Crippen LogP contribution in [0.5, 0.6) is 0 Å². The molecule has 1 fully saturated rings. The van der Waals surface area contributed by atoms with Gasteiger partial charge in [-0.15, -0.1) is 0 Å². The predicted octanol–water partition coefficient (Wildman–Crippen LogP) is 0.442. The Balaban J connectivity index is 1.48. The molecule has 0 spiro atoms. The number of nitriles is 1. The van der Waals surface area contributed by atoms with Gasteiger partial charge in [-0.1, -0.05) is 41.4 Å². The summed E-state index contributed by atoms with van der Waals surface area (Å²) in [7, 11) is 0. The Labute approximate surface area is 165 Å². The van der Waals surface area contributed by atoms with E-state index in [1.165, 1.54) is 16.0 Å². The molecule has 0 aromatic heterocycles. The summed E-state index contributed by atoms with van der Waals surface area (Å²) in [6.45, 7) is 7.61. The average Bonchev–Trinajstić information content (AvgIpc) is 2.63. The smallest absolute Gasteiger partial charge is 0.279 e. The molecule has 1 amide bonds. The minimum absolute atomic E-state index is 0.0779. The summed E-state index contributed by atoms with van der Waals surface area (Å²) < 4.78 is 0. The molecule has 0 radical (unpaired) electrons. The fourth-order valence-corrected chi connectivity index (χ4v) is 3.73. The molecule has 0 aliphatic carbocycles. The van der Waals surface area contributed by atoms with E-state index in [-0.39, 0.29) is 5.91 Å². The van der Waals surface area contributed by atoms with Gasteiger partial charge in [0.2, 0.25) is 0 Å². The fraction of sp³-hybridized carbons (Fsp3) is 0.333. The van der Waals surface area contributed by atoms with Gasteiger partial charge in [0.1, 0.15) is 38.8 Å². The number of anilines is 1. The highest BCUT2D eigenvalue weighted by atomic mass is 35.5. The molecule has 1 aliphatic heterocycles. The third-order valence-corrected chi connectivity index (χ3v) is 5.22. The molecule has 3 N–H and O–H groups in total. The number of benzene rings is 2. The van der Waals surface area contributed by atoms with Crippen molar-refractivity contribution in [2.45, 2.75) is 13.5 Å². The first kappa shape index (κ1) is 19.4. The van der Waals surface area contributed by atoms with Gasteiger partial charge in [-0.2, -0.15) is 5.26 Å². The normalized spacial score (nSPS) is 19.3. The second kappa shape index (κ2) is 9.01. The number of halogens is 1. The SMILES string of the molecule is Cc1cccc(C[NH+]2CC[NH+](CC(=O)Nc3cc(Cl)ccc3C#N)CC2)c1. The number of hydrogen-bond acceptors (Lipinski definition) is 2. The van der Waals surface area contributed by atoms with Gasteiger partial charge in [0.05, 0.1) is 11.3 Å². The zero-order chi connectivity index (χ0) is 19.2. The molecule has 140 valence electrons. The maximum Gasteiger partial charge on any atom is 0.279 e. The van der Waals surface area contributed by atoms with Gasteiger partial charge in [-0.25, -0.2) is 0 Å². The summed E-state index contributed by atoms with van der Waals surface area (Å²) in [4.78, 5) is 15.2. The van der Waals surface area contributed by atoms with Gasteiger partial charge in [0.15, 0.2) is 6.54 Å². The van der Waals surface area contributed by atoms with Crippen molar-refractivity contribution in [3.8, 4) is 6.07 Å². The molecule has 2 aromatic rings. The van der Waals surface area contributed by atoms with Crippen LogP contribution in [-0.2, 0) is 11.3 Å². The lowest BCUT2D eigenvalue weighted by Crippen LogP contribution is -3.28. The van der Waals surface area contributed by atoms with Crippen molar-refractivity contribution < 1.29 is 14.6 Å². The Morgan fingerprint density at radius 1 is 1.15 bits per heavy atom. The van der Waals surface area contributed by atoms with Crippen LogP contribution in [-0.4, -0.2) is 38.6 Å². The van der Waals surface area contributed by atoms with Gasteiger partial charge >= 0.3 is 0 Å². The van der Waals surface area contributed by atoms with E-state index >= 15 is 0 Å². The molecule has 1 saturated heterocycles. The predicted molar refractivity (Wildman–Crippen MR) is 106 cm³/mol. The van der Waals surface area contributed by atoms with Crippen LogP contribution >= 0.6 is 11.6 Å². The lowest BCUT2D eigenvalue weighted by atomic mass is 10.1. The molecule has 0 atom stereocenters. The van der Waals surface area contributed by atoms with Crippen molar-refractivity contribution in [3.05, 3.63) is 64.2 Å². The van der Waals surface area contributed by atoms with Crippen LogP contribution in [0.1, 0.15) is 16.7 Å². The molecule has 0 bridgehead atoms. The van der Waals surface area contributed by atoms with E-state index in [0.717, 1.165) is 32.7 Å². The molecule has 2 aromatic carbocycles. The second-order valence-corrected chi connectivity index (χ2v) is 7.63. The third kappa shape index (κ3) is 5.54. The highest BCUT2D eigenvalue weighted by Crippen LogP contribution is 2.20. The number of aryl methyl sites for hydroxylation is 1. The van der Waals surface area contributed by atoms with E-state index in [2.05, 4.69) is 42.6 Å². The van der Waals surface area contributed by atoms with Crippen molar-refractivity contribution in [1.29, 1.82) is 5.26 Å². The van der Waals surface area contributed by atoms with Crippen molar-refractivity contribution in [2.24, 2.45) is 0 Å². The molecule has 27 heavy (non-hydrogen) atoms. The molecule has 3 rings (SSSR count). The Bertz CT molecular complexity index is 854. The van der Waals surface area contributed by atoms with Crippen LogP contribution in [0.2, 0.25) is 5.02 Å². The first-order valence-corrected chi connectivity index (χ1v) is 9.63. The molecule has 5 nitrogen and oxygen atoms in total. The lowest BCUT2D eigenvalue weighted by Gasteiger charge is -2.29. The van der Waals surface area contributed by atoms with Crippen molar-refractivity contribution in [2.75, 3.05) is 38.0 Å². The quantitative estimate of drug-likeness (QED) is 0.700. The minimum Gasteiger partial charge on any atom is -0.322 e. The Kier molecular flexibility index (Phi) is 6.46. The Hall–Kier alpha value is -2.39. The number of amides is 1. The number of quaternary nitrogens is 2. The van der Waals surface area contributed by atoms with Crippen molar-refractivity contribution in [1.82, 2.24) is 0 Å².